The second-order valence-electron chi connectivity index (χ2n) is 6.85. The minimum atomic E-state index is -0.392. The molecule has 8 nitrogen and oxygen atoms in total. The first-order valence-electron chi connectivity index (χ1n) is 9.97. The standard InChI is InChI=1S/C23H19ClN4O4S/c1-3-31-22(29)19-13(2)18-20(25-12-26-21(18)33-19)32-17-10-8-16(9-11-17)28-23(30)27-15-6-4-14(24)5-7-15/h4-12H,3H2,1-2H3,(H2,27,28,30). The number of aryl methyl sites for hydroxylation is 1. The number of carbonyl (C=O) groups is 2. The SMILES string of the molecule is CCOC(=O)c1sc2ncnc(Oc3ccc(NC(=O)Nc4ccc(Cl)cc4)cc3)c2c1C. The van der Waals surface area contributed by atoms with Crippen molar-refractivity contribution in [1.29, 1.82) is 0 Å². The number of urea groups is 1. The van der Waals surface area contributed by atoms with Crippen molar-refractivity contribution >= 4 is 56.5 Å². The van der Waals surface area contributed by atoms with Gasteiger partial charge in [-0.2, -0.15) is 0 Å². The molecule has 0 fully saturated rings. The maximum absolute atomic E-state index is 12.2. The number of anilines is 2. The molecule has 2 aromatic carbocycles. The summed E-state index contributed by atoms with van der Waals surface area (Å²) in [6.45, 7) is 3.86. The molecule has 0 spiro atoms. The Morgan fingerprint density at radius 3 is 2.27 bits per heavy atom. The molecule has 4 rings (SSSR count). The molecule has 0 aliphatic rings. The first-order chi connectivity index (χ1) is 15.9. The van der Waals surface area contributed by atoms with Gasteiger partial charge in [0.05, 0.1) is 12.0 Å². The van der Waals surface area contributed by atoms with Crippen LogP contribution in [-0.4, -0.2) is 28.6 Å². The second kappa shape index (κ2) is 9.85. The molecule has 0 atom stereocenters. The van der Waals surface area contributed by atoms with Crippen LogP contribution in [0.5, 0.6) is 11.6 Å². The lowest BCUT2D eigenvalue weighted by molar-refractivity contribution is 0.0531. The normalized spacial score (nSPS) is 10.6. The second-order valence-corrected chi connectivity index (χ2v) is 8.28. The molecule has 0 saturated heterocycles. The van der Waals surface area contributed by atoms with Crippen molar-refractivity contribution in [2.24, 2.45) is 0 Å². The summed E-state index contributed by atoms with van der Waals surface area (Å²) < 4.78 is 11.1. The van der Waals surface area contributed by atoms with Crippen LogP contribution in [0, 0.1) is 6.92 Å². The van der Waals surface area contributed by atoms with Gasteiger partial charge in [0.15, 0.2) is 0 Å². The van der Waals surface area contributed by atoms with E-state index in [0.29, 0.717) is 55.3 Å². The lowest BCUT2D eigenvalue weighted by atomic mass is 10.2. The van der Waals surface area contributed by atoms with Crippen molar-refractivity contribution in [1.82, 2.24) is 9.97 Å². The minimum Gasteiger partial charge on any atom is -0.462 e. The van der Waals surface area contributed by atoms with E-state index in [0.717, 1.165) is 0 Å². The van der Waals surface area contributed by atoms with E-state index in [1.807, 2.05) is 6.92 Å². The minimum absolute atomic E-state index is 0.291. The predicted octanol–water partition coefficient (Wildman–Crippen LogP) is 6.27. The molecule has 2 aromatic heterocycles. The highest BCUT2D eigenvalue weighted by molar-refractivity contribution is 7.20. The molecule has 168 valence electrons. The van der Waals surface area contributed by atoms with E-state index in [2.05, 4.69) is 20.6 Å². The maximum Gasteiger partial charge on any atom is 0.348 e. The number of rotatable bonds is 6. The van der Waals surface area contributed by atoms with Crippen LogP contribution in [0.4, 0.5) is 16.2 Å². The molecule has 0 aliphatic carbocycles. The smallest absolute Gasteiger partial charge is 0.348 e. The number of hydrogen-bond acceptors (Lipinski definition) is 7. The summed E-state index contributed by atoms with van der Waals surface area (Å²) in [6.07, 6.45) is 1.39. The molecule has 2 N–H and O–H groups in total. The average molecular weight is 483 g/mol. The number of benzene rings is 2. The van der Waals surface area contributed by atoms with E-state index < -0.39 is 5.97 Å². The van der Waals surface area contributed by atoms with Crippen LogP contribution < -0.4 is 15.4 Å². The molecule has 0 radical (unpaired) electrons. The van der Waals surface area contributed by atoms with Gasteiger partial charge in [0.1, 0.15) is 21.8 Å². The van der Waals surface area contributed by atoms with Crippen molar-refractivity contribution in [3.63, 3.8) is 0 Å². The van der Waals surface area contributed by atoms with Gasteiger partial charge < -0.3 is 20.1 Å². The van der Waals surface area contributed by atoms with Gasteiger partial charge in [-0.15, -0.1) is 11.3 Å². The fraction of sp³-hybridized carbons (Fsp3) is 0.130. The molecule has 2 heterocycles. The van der Waals surface area contributed by atoms with Crippen LogP contribution in [0.1, 0.15) is 22.2 Å². The third-order valence-corrected chi connectivity index (χ3v) is 6.01. The number of amides is 2. The Kier molecular flexibility index (Phi) is 6.71. The molecule has 0 aliphatic heterocycles. The molecule has 0 saturated carbocycles. The van der Waals surface area contributed by atoms with Crippen LogP contribution >= 0.6 is 22.9 Å². The van der Waals surface area contributed by atoms with E-state index in [4.69, 9.17) is 21.1 Å². The summed E-state index contributed by atoms with van der Waals surface area (Å²) in [7, 11) is 0. The number of fused-ring (bicyclic) bond motifs is 1. The summed E-state index contributed by atoms with van der Waals surface area (Å²) >= 11 is 7.09. The molecule has 2 amide bonds. The molecule has 0 unspecified atom stereocenters. The zero-order valence-electron chi connectivity index (χ0n) is 17.7. The van der Waals surface area contributed by atoms with E-state index in [1.54, 1.807) is 55.5 Å². The van der Waals surface area contributed by atoms with Crippen molar-refractivity contribution in [2.45, 2.75) is 13.8 Å². The maximum atomic E-state index is 12.2. The number of carbonyl (C=O) groups excluding carboxylic acids is 2. The quantitative estimate of drug-likeness (QED) is 0.314. The van der Waals surface area contributed by atoms with Crippen molar-refractivity contribution in [2.75, 3.05) is 17.2 Å². The molecular weight excluding hydrogens is 464 g/mol. The lowest BCUT2D eigenvalue weighted by Crippen LogP contribution is -2.19. The summed E-state index contributed by atoms with van der Waals surface area (Å²) in [5.41, 5.74) is 1.91. The summed E-state index contributed by atoms with van der Waals surface area (Å²) in [5, 5.41) is 6.73. The van der Waals surface area contributed by atoms with Crippen molar-refractivity contribution in [3.8, 4) is 11.6 Å². The van der Waals surface area contributed by atoms with Gasteiger partial charge in [-0.1, -0.05) is 11.6 Å². The lowest BCUT2D eigenvalue weighted by Gasteiger charge is -2.09. The summed E-state index contributed by atoms with van der Waals surface area (Å²) in [4.78, 5) is 34.0. The van der Waals surface area contributed by atoms with Crippen LogP contribution in [-0.2, 0) is 4.74 Å². The third-order valence-electron chi connectivity index (χ3n) is 4.58. The molecular formula is C23H19ClN4O4S. The average Bonchev–Trinajstić information content (AvgIpc) is 3.14. The van der Waals surface area contributed by atoms with E-state index >= 15 is 0 Å². The number of hydrogen-bond donors (Lipinski definition) is 2. The van der Waals surface area contributed by atoms with Gasteiger partial charge in [0, 0.05) is 16.4 Å². The number of nitrogens with one attached hydrogen (secondary N) is 2. The van der Waals surface area contributed by atoms with E-state index in [-0.39, 0.29) is 6.03 Å². The first kappa shape index (κ1) is 22.5. The highest BCUT2D eigenvalue weighted by Crippen LogP contribution is 2.36. The van der Waals surface area contributed by atoms with Crippen LogP contribution in [0.25, 0.3) is 10.2 Å². The van der Waals surface area contributed by atoms with Crippen LogP contribution in [0.15, 0.2) is 54.9 Å². The Labute approximate surface area is 198 Å². The number of nitrogens with zero attached hydrogens (tertiary/aromatic N) is 2. The van der Waals surface area contributed by atoms with Gasteiger partial charge >= 0.3 is 12.0 Å². The van der Waals surface area contributed by atoms with E-state index in [1.165, 1.54) is 17.7 Å². The number of esters is 1. The van der Waals surface area contributed by atoms with Gasteiger partial charge in [0.2, 0.25) is 5.88 Å². The number of ether oxygens (including phenoxy) is 2. The topological polar surface area (TPSA) is 102 Å². The Bertz CT molecular complexity index is 1310. The fourth-order valence-corrected chi connectivity index (χ4v) is 4.21. The molecule has 33 heavy (non-hydrogen) atoms. The first-order valence-corrected chi connectivity index (χ1v) is 11.2. The molecule has 4 aromatic rings. The van der Waals surface area contributed by atoms with Gasteiger partial charge in [-0.3, -0.25) is 0 Å². The molecule has 10 heteroatoms. The number of halogens is 1. The third kappa shape index (κ3) is 5.21. The van der Waals surface area contributed by atoms with Gasteiger partial charge in [-0.25, -0.2) is 19.6 Å². The van der Waals surface area contributed by atoms with Gasteiger partial charge in [0.25, 0.3) is 0 Å². The predicted molar refractivity (Wildman–Crippen MR) is 129 cm³/mol. The Hall–Kier alpha value is -3.69. The summed E-state index contributed by atoms with van der Waals surface area (Å²) in [6, 6.07) is 13.3. The Morgan fingerprint density at radius 2 is 1.64 bits per heavy atom. The number of aromatic nitrogens is 2. The van der Waals surface area contributed by atoms with Crippen molar-refractivity contribution in [3.05, 3.63) is 70.3 Å². The molecule has 0 bridgehead atoms. The van der Waals surface area contributed by atoms with Gasteiger partial charge in [-0.05, 0) is 67.9 Å². The van der Waals surface area contributed by atoms with Crippen LogP contribution in [0.2, 0.25) is 5.02 Å². The number of thiophene rings is 1. The highest BCUT2D eigenvalue weighted by Gasteiger charge is 2.21. The fourth-order valence-electron chi connectivity index (χ4n) is 3.05. The Balaban J connectivity index is 1.47. The van der Waals surface area contributed by atoms with Crippen molar-refractivity contribution < 1.29 is 19.1 Å². The zero-order chi connectivity index (χ0) is 23.4. The highest BCUT2D eigenvalue weighted by atomic mass is 35.5. The monoisotopic (exact) mass is 482 g/mol. The summed E-state index contributed by atoms with van der Waals surface area (Å²) in [5.74, 6) is 0.462. The largest absolute Gasteiger partial charge is 0.462 e. The van der Waals surface area contributed by atoms with E-state index in [9.17, 15) is 9.59 Å². The Morgan fingerprint density at radius 1 is 1.00 bits per heavy atom. The van der Waals surface area contributed by atoms with Crippen LogP contribution in [0.3, 0.4) is 0 Å². The zero-order valence-corrected chi connectivity index (χ0v) is 19.3.